The van der Waals surface area contributed by atoms with Crippen LogP contribution in [0.15, 0.2) is 59.5 Å². The van der Waals surface area contributed by atoms with Crippen LogP contribution in [0, 0.1) is 0 Å². The molecular weight excluding hydrogens is 478 g/mol. The van der Waals surface area contributed by atoms with Gasteiger partial charge in [-0.15, -0.1) is 0 Å². The minimum absolute atomic E-state index is 0.0654. The monoisotopic (exact) mass is 505 g/mol. The van der Waals surface area contributed by atoms with Crippen LogP contribution in [0.25, 0.3) is 33.5 Å². The smallest absolute Gasteiger partial charge is 0.263 e. The van der Waals surface area contributed by atoms with Crippen molar-refractivity contribution in [2.75, 3.05) is 14.2 Å². The van der Waals surface area contributed by atoms with Crippen molar-refractivity contribution in [3.05, 3.63) is 75.7 Å². The van der Waals surface area contributed by atoms with Crippen LogP contribution in [0.1, 0.15) is 19.4 Å². The van der Waals surface area contributed by atoms with Gasteiger partial charge in [0, 0.05) is 34.9 Å². The molecule has 0 spiro atoms. The Hall–Kier alpha value is -3.75. The Kier molecular flexibility index (Phi) is 7.67. The minimum atomic E-state index is -0.360. The lowest BCUT2D eigenvalue weighted by Crippen LogP contribution is -2.37. The van der Waals surface area contributed by atoms with Crippen molar-refractivity contribution in [1.29, 1.82) is 0 Å². The lowest BCUT2D eigenvalue weighted by atomic mass is 10.0. The molecule has 0 radical (unpaired) electrons. The molecule has 1 amide bonds. The third-order valence-corrected chi connectivity index (χ3v) is 5.80. The van der Waals surface area contributed by atoms with Crippen LogP contribution in [-0.4, -0.2) is 40.6 Å². The Morgan fingerprint density at radius 3 is 2.61 bits per heavy atom. The lowest BCUT2D eigenvalue weighted by Gasteiger charge is -2.15. The first-order valence-corrected chi connectivity index (χ1v) is 12.0. The van der Waals surface area contributed by atoms with Gasteiger partial charge >= 0.3 is 0 Å². The Balaban J connectivity index is 1.90. The molecule has 0 fully saturated rings. The van der Waals surface area contributed by atoms with Crippen molar-refractivity contribution in [3.63, 3.8) is 0 Å². The molecule has 0 aliphatic rings. The SMILES string of the molecule is CNCc1cc(OC)cc(-c2cnc3nc(-c4cccc(Cl)c4)n(CC(=O)NC(C)C)c(=O)c3c2)c1. The van der Waals surface area contributed by atoms with E-state index in [4.69, 9.17) is 16.3 Å². The summed E-state index contributed by atoms with van der Waals surface area (Å²) in [6.45, 7) is 4.21. The van der Waals surface area contributed by atoms with Gasteiger partial charge in [0.1, 0.15) is 18.1 Å². The number of carbonyl (C=O) groups is 1. The summed E-state index contributed by atoms with van der Waals surface area (Å²) in [5.74, 6) is 0.743. The van der Waals surface area contributed by atoms with E-state index >= 15 is 0 Å². The van der Waals surface area contributed by atoms with E-state index in [1.807, 2.05) is 39.1 Å². The second-order valence-corrected chi connectivity index (χ2v) is 9.19. The molecule has 2 aromatic carbocycles. The number of hydrogen-bond acceptors (Lipinski definition) is 6. The first-order valence-electron chi connectivity index (χ1n) is 11.6. The second-order valence-electron chi connectivity index (χ2n) is 8.75. The number of hydrogen-bond donors (Lipinski definition) is 2. The first kappa shape index (κ1) is 25.3. The lowest BCUT2D eigenvalue weighted by molar-refractivity contribution is -0.122. The number of methoxy groups -OCH3 is 1. The summed E-state index contributed by atoms with van der Waals surface area (Å²) in [6.07, 6.45) is 1.68. The van der Waals surface area contributed by atoms with Crippen LogP contribution in [0.5, 0.6) is 5.75 Å². The van der Waals surface area contributed by atoms with E-state index in [0.717, 1.165) is 16.7 Å². The van der Waals surface area contributed by atoms with Crippen LogP contribution in [0.4, 0.5) is 0 Å². The summed E-state index contributed by atoms with van der Waals surface area (Å²) >= 11 is 6.20. The van der Waals surface area contributed by atoms with E-state index in [1.54, 1.807) is 43.6 Å². The third kappa shape index (κ3) is 5.56. The molecule has 0 saturated carbocycles. The molecular formula is C27H28ClN5O3. The highest BCUT2D eigenvalue weighted by atomic mass is 35.5. The number of amides is 1. The number of nitrogens with one attached hydrogen (secondary N) is 2. The zero-order valence-corrected chi connectivity index (χ0v) is 21.4. The largest absolute Gasteiger partial charge is 0.497 e. The Labute approximate surface area is 214 Å². The molecule has 2 N–H and O–H groups in total. The van der Waals surface area contributed by atoms with E-state index in [9.17, 15) is 9.59 Å². The molecule has 2 heterocycles. The molecule has 0 aliphatic heterocycles. The zero-order chi connectivity index (χ0) is 25.8. The van der Waals surface area contributed by atoms with Crippen LogP contribution >= 0.6 is 11.6 Å². The highest BCUT2D eigenvalue weighted by Crippen LogP contribution is 2.28. The van der Waals surface area contributed by atoms with Crippen LogP contribution in [-0.2, 0) is 17.9 Å². The first-order chi connectivity index (χ1) is 17.3. The number of rotatable bonds is 8. The molecule has 0 unspecified atom stereocenters. The molecule has 8 nitrogen and oxygen atoms in total. The van der Waals surface area contributed by atoms with Crippen LogP contribution in [0.3, 0.4) is 0 Å². The number of ether oxygens (including phenoxy) is 1. The Morgan fingerprint density at radius 1 is 1.11 bits per heavy atom. The van der Waals surface area contributed by atoms with Gasteiger partial charge in [-0.1, -0.05) is 23.7 Å². The van der Waals surface area contributed by atoms with Gasteiger partial charge in [0.15, 0.2) is 5.65 Å². The van der Waals surface area contributed by atoms with Crippen molar-refractivity contribution >= 4 is 28.5 Å². The summed E-state index contributed by atoms with van der Waals surface area (Å²) in [5, 5.41) is 6.78. The molecule has 4 aromatic rings. The Bertz CT molecular complexity index is 1480. The number of pyridine rings is 1. The molecule has 0 bridgehead atoms. The molecule has 0 aliphatic carbocycles. The van der Waals surface area contributed by atoms with E-state index in [-0.39, 0.29) is 29.7 Å². The highest BCUT2D eigenvalue weighted by Gasteiger charge is 2.18. The fraction of sp³-hybridized carbons (Fsp3) is 0.259. The van der Waals surface area contributed by atoms with Gasteiger partial charge in [-0.05, 0) is 68.4 Å². The summed E-state index contributed by atoms with van der Waals surface area (Å²) < 4.78 is 6.83. The predicted octanol–water partition coefficient (Wildman–Crippen LogP) is 4.03. The summed E-state index contributed by atoms with van der Waals surface area (Å²) in [6, 6.07) is 14.6. The van der Waals surface area contributed by atoms with E-state index in [1.165, 1.54) is 4.57 Å². The third-order valence-electron chi connectivity index (χ3n) is 5.56. The van der Waals surface area contributed by atoms with E-state index < -0.39 is 0 Å². The molecule has 9 heteroatoms. The average Bonchev–Trinajstić information content (AvgIpc) is 2.85. The van der Waals surface area contributed by atoms with Crippen LogP contribution in [0.2, 0.25) is 5.02 Å². The highest BCUT2D eigenvalue weighted by molar-refractivity contribution is 6.30. The molecule has 0 saturated heterocycles. The zero-order valence-electron chi connectivity index (χ0n) is 20.6. The van der Waals surface area contributed by atoms with E-state index in [0.29, 0.717) is 34.1 Å². The normalized spacial score (nSPS) is 11.2. The van der Waals surface area contributed by atoms with Crippen molar-refractivity contribution in [2.45, 2.75) is 33.0 Å². The van der Waals surface area contributed by atoms with Crippen molar-refractivity contribution in [1.82, 2.24) is 25.2 Å². The quantitative estimate of drug-likeness (QED) is 0.375. The predicted molar refractivity (Wildman–Crippen MR) is 142 cm³/mol. The van der Waals surface area contributed by atoms with Gasteiger partial charge in [-0.2, -0.15) is 0 Å². The molecule has 2 aromatic heterocycles. The number of aromatic nitrogens is 3. The number of halogens is 1. The number of carbonyl (C=O) groups excluding carboxylic acids is 1. The number of nitrogens with zero attached hydrogens (tertiary/aromatic N) is 3. The maximum absolute atomic E-state index is 13.7. The number of fused-ring (bicyclic) bond motifs is 1. The fourth-order valence-corrected chi connectivity index (χ4v) is 4.21. The average molecular weight is 506 g/mol. The second kappa shape index (κ2) is 10.9. The minimum Gasteiger partial charge on any atom is -0.497 e. The fourth-order valence-electron chi connectivity index (χ4n) is 4.02. The van der Waals surface area contributed by atoms with Crippen LogP contribution < -0.4 is 20.9 Å². The topological polar surface area (TPSA) is 98.1 Å². The van der Waals surface area contributed by atoms with Gasteiger partial charge in [0.05, 0.1) is 12.5 Å². The van der Waals surface area contributed by atoms with Crippen molar-refractivity contribution < 1.29 is 9.53 Å². The standard InChI is InChI=1S/C27H28ClN5O3/c1-16(2)31-24(34)15-33-26(18-6-5-7-21(28)10-18)32-25-23(27(33)35)12-20(14-30-25)19-8-17(13-29-3)9-22(11-19)36-4/h5-12,14,16,29H,13,15H2,1-4H3,(H,31,34). The van der Waals surface area contributed by atoms with Gasteiger partial charge < -0.3 is 15.4 Å². The summed E-state index contributed by atoms with van der Waals surface area (Å²) in [4.78, 5) is 35.6. The number of benzene rings is 2. The summed E-state index contributed by atoms with van der Waals surface area (Å²) in [7, 11) is 3.49. The van der Waals surface area contributed by atoms with Gasteiger partial charge in [-0.3, -0.25) is 14.2 Å². The maximum Gasteiger partial charge on any atom is 0.263 e. The van der Waals surface area contributed by atoms with Gasteiger partial charge in [-0.25, -0.2) is 9.97 Å². The molecule has 36 heavy (non-hydrogen) atoms. The van der Waals surface area contributed by atoms with Crippen molar-refractivity contribution in [3.8, 4) is 28.3 Å². The van der Waals surface area contributed by atoms with E-state index in [2.05, 4.69) is 20.6 Å². The van der Waals surface area contributed by atoms with Gasteiger partial charge in [0.25, 0.3) is 5.56 Å². The molecule has 4 rings (SSSR count). The Morgan fingerprint density at radius 2 is 1.92 bits per heavy atom. The van der Waals surface area contributed by atoms with Gasteiger partial charge in [0.2, 0.25) is 5.91 Å². The maximum atomic E-state index is 13.7. The van der Waals surface area contributed by atoms with Crippen molar-refractivity contribution in [2.24, 2.45) is 0 Å². The molecule has 186 valence electrons. The summed E-state index contributed by atoms with van der Waals surface area (Å²) in [5.41, 5.74) is 3.18. The molecule has 0 atom stereocenters.